The number of hydrogen-bond donors (Lipinski definition) is 0. The highest BCUT2D eigenvalue weighted by Crippen LogP contribution is 2.38. The zero-order valence-corrected chi connectivity index (χ0v) is 18.4. The predicted octanol–water partition coefficient (Wildman–Crippen LogP) is 3.38. The van der Waals surface area contributed by atoms with E-state index in [1.54, 1.807) is 18.2 Å². The number of nitrogens with zero attached hydrogens (tertiary/aromatic N) is 1. The van der Waals surface area contributed by atoms with Gasteiger partial charge in [0.05, 0.1) is 11.1 Å². The quantitative estimate of drug-likeness (QED) is 0.291. The number of likely N-dealkylation sites (tertiary alicyclic amines) is 1. The number of piperidine rings is 1. The van der Waals surface area contributed by atoms with Crippen molar-refractivity contribution in [2.45, 2.75) is 57.7 Å². The molecule has 164 valence electrons. The molecule has 1 aliphatic heterocycles. The van der Waals surface area contributed by atoms with Gasteiger partial charge in [0.1, 0.15) is 19.3 Å². The van der Waals surface area contributed by atoms with Gasteiger partial charge in [0.15, 0.2) is 0 Å². The van der Waals surface area contributed by atoms with E-state index in [2.05, 4.69) is 46.2 Å². The summed E-state index contributed by atoms with van der Waals surface area (Å²) in [5.41, 5.74) is 0.00583. The van der Waals surface area contributed by atoms with E-state index in [4.69, 9.17) is 14.2 Å². The molecule has 0 aliphatic carbocycles. The van der Waals surface area contributed by atoms with E-state index in [9.17, 15) is 14.4 Å². The third-order valence-electron chi connectivity index (χ3n) is 5.64. The molecule has 1 aromatic rings. The van der Waals surface area contributed by atoms with E-state index in [1.165, 1.54) is 6.07 Å². The smallest absolute Gasteiger partial charge is 0.339 e. The first-order valence-electron chi connectivity index (χ1n) is 9.98. The van der Waals surface area contributed by atoms with Gasteiger partial charge in [-0.3, -0.25) is 4.90 Å². The molecule has 0 spiro atoms. The van der Waals surface area contributed by atoms with Crippen molar-refractivity contribution in [3.8, 4) is 0 Å². The summed E-state index contributed by atoms with van der Waals surface area (Å²) in [4.78, 5) is 38.6. The third kappa shape index (κ3) is 5.69. The fourth-order valence-corrected chi connectivity index (χ4v) is 3.83. The standard InChI is InChI=1S/C23H31NO6/c1-7-19(25)28-12-13-29-20(26)17-10-8-9-11-18(17)21(27)30-16-14-22(2,3)24(6)23(4,5)15-16/h7-11,16H,1,12-15H2,2-6H3. The Morgan fingerprint density at radius 3 is 2.03 bits per heavy atom. The molecule has 0 radical (unpaired) electrons. The molecule has 0 unspecified atom stereocenters. The maximum absolute atomic E-state index is 12.9. The van der Waals surface area contributed by atoms with Crippen molar-refractivity contribution in [3.05, 3.63) is 48.0 Å². The van der Waals surface area contributed by atoms with Crippen LogP contribution < -0.4 is 0 Å². The number of carbonyl (C=O) groups excluding carboxylic acids is 3. The molecular formula is C23H31NO6. The molecule has 0 saturated carbocycles. The molecule has 1 fully saturated rings. The summed E-state index contributed by atoms with van der Waals surface area (Å²) in [7, 11) is 2.08. The molecule has 1 heterocycles. The maximum atomic E-state index is 12.9. The molecular weight excluding hydrogens is 386 g/mol. The van der Waals surface area contributed by atoms with E-state index >= 15 is 0 Å². The van der Waals surface area contributed by atoms with Crippen LogP contribution in [0.15, 0.2) is 36.9 Å². The lowest BCUT2D eigenvalue weighted by atomic mass is 9.78. The highest BCUT2D eigenvalue weighted by atomic mass is 16.6. The molecule has 1 aliphatic rings. The minimum atomic E-state index is -0.679. The Balaban J connectivity index is 2.06. The predicted molar refractivity (Wildman–Crippen MR) is 112 cm³/mol. The van der Waals surface area contributed by atoms with Gasteiger partial charge in [0.2, 0.25) is 0 Å². The highest BCUT2D eigenvalue weighted by molar-refractivity contribution is 6.03. The first kappa shape index (κ1) is 23.6. The van der Waals surface area contributed by atoms with Crippen molar-refractivity contribution in [1.29, 1.82) is 0 Å². The van der Waals surface area contributed by atoms with E-state index in [0.29, 0.717) is 12.8 Å². The molecule has 1 aromatic carbocycles. The van der Waals surface area contributed by atoms with Crippen LogP contribution in [0.2, 0.25) is 0 Å². The second-order valence-electron chi connectivity index (χ2n) is 8.67. The Hall–Kier alpha value is -2.67. The van der Waals surface area contributed by atoms with Gasteiger partial charge in [-0.1, -0.05) is 18.7 Å². The molecule has 7 nitrogen and oxygen atoms in total. The van der Waals surface area contributed by atoms with Crippen LogP contribution in [-0.4, -0.2) is 60.3 Å². The van der Waals surface area contributed by atoms with E-state index in [1.807, 2.05) is 0 Å². The zero-order chi connectivity index (χ0) is 22.5. The molecule has 0 N–H and O–H groups in total. The number of esters is 3. The summed E-state index contributed by atoms with van der Waals surface area (Å²) in [5, 5.41) is 0. The Kier molecular flexibility index (Phi) is 7.42. The van der Waals surface area contributed by atoms with Crippen molar-refractivity contribution in [3.63, 3.8) is 0 Å². The summed E-state index contributed by atoms with van der Waals surface area (Å²) in [6.45, 7) is 11.6. The lowest BCUT2D eigenvalue weighted by Gasteiger charge is -2.53. The van der Waals surface area contributed by atoms with Crippen LogP contribution in [0, 0.1) is 0 Å². The summed E-state index contributed by atoms with van der Waals surface area (Å²) >= 11 is 0. The molecule has 7 heteroatoms. The lowest BCUT2D eigenvalue weighted by Crippen LogP contribution is -2.60. The van der Waals surface area contributed by atoms with Crippen LogP contribution in [-0.2, 0) is 19.0 Å². The molecule has 1 saturated heterocycles. The van der Waals surface area contributed by atoms with Crippen molar-refractivity contribution in [2.75, 3.05) is 20.3 Å². The Bertz CT molecular complexity index is 796. The third-order valence-corrected chi connectivity index (χ3v) is 5.64. The second-order valence-corrected chi connectivity index (χ2v) is 8.67. The van der Waals surface area contributed by atoms with Crippen LogP contribution >= 0.6 is 0 Å². The van der Waals surface area contributed by atoms with Gasteiger partial charge in [-0.2, -0.15) is 0 Å². The van der Waals surface area contributed by atoms with Gasteiger partial charge in [0, 0.05) is 30.0 Å². The highest BCUT2D eigenvalue weighted by Gasteiger charge is 2.44. The van der Waals surface area contributed by atoms with Crippen molar-refractivity contribution in [1.82, 2.24) is 4.90 Å². The molecule has 0 bridgehead atoms. The number of benzene rings is 1. The summed E-state index contributed by atoms with van der Waals surface area (Å²) in [6, 6.07) is 6.37. The lowest BCUT2D eigenvalue weighted by molar-refractivity contribution is -0.138. The SMILES string of the molecule is C=CC(=O)OCCOC(=O)c1ccccc1C(=O)OC1CC(C)(C)N(C)C(C)(C)C1. The zero-order valence-electron chi connectivity index (χ0n) is 18.4. The fourth-order valence-electron chi connectivity index (χ4n) is 3.83. The van der Waals surface area contributed by atoms with Crippen LogP contribution in [0.3, 0.4) is 0 Å². The van der Waals surface area contributed by atoms with Crippen molar-refractivity contribution < 1.29 is 28.6 Å². The van der Waals surface area contributed by atoms with Gasteiger partial charge in [-0.25, -0.2) is 14.4 Å². The van der Waals surface area contributed by atoms with Gasteiger partial charge in [-0.05, 0) is 46.9 Å². The Morgan fingerprint density at radius 2 is 1.50 bits per heavy atom. The summed E-state index contributed by atoms with van der Waals surface area (Å²) in [5.74, 6) is -1.83. The van der Waals surface area contributed by atoms with Gasteiger partial charge in [-0.15, -0.1) is 0 Å². The Labute approximate surface area is 178 Å². The Morgan fingerprint density at radius 1 is 1.00 bits per heavy atom. The minimum absolute atomic E-state index is 0.0943. The molecule has 2 rings (SSSR count). The second kappa shape index (κ2) is 9.43. The monoisotopic (exact) mass is 417 g/mol. The summed E-state index contributed by atoms with van der Waals surface area (Å²) < 4.78 is 15.7. The first-order chi connectivity index (χ1) is 14.0. The number of ether oxygens (including phenoxy) is 3. The average Bonchev–Trinajstić information content (AvgIpc) is 2.68. The molecule has 0 atom stereocenters. The largest absolute Gasteiger partial charge is 0.459 e. The van der Waals surface area contributed by atoms with Gasteiger partial charge < -0.3 is 14.2 Å². The van der Waals surface area contributed by atoms with Crippen LogP contribution in [0.25, 0.3) is 0 Å². The van der Waals surface area contributed by atoms with Crippen LogP contribution in [0.1, 0.15) is 61.3 Å². The minimum Gasteiger partial charge on any atom is -0.459 e. The fraction of sp³-hybridized carbons (Fsp3) is 0.522. The van der Waals surface area contributed by atoms with E-state index in [0.717, 1.165) is 6.08 Å². The van der Waals surface area contributed by atoms with Gasteiger partial charge >= 0.3 is 17.9 Å². The normalized spacial score (nSPS) is 18.3. The van der Waals surface area contributed by atoms with Crippen molar-refractivity contribution >= 4 is 17.9 Å². The molecule has 0 amide bonds. The van der Waals surface area contributed by atoms with Crippen LogP contribution in [0.5, 0.6) is 0 Å². The van der Waals surface area contributed by atoms with Crippen molar-refractivity contribution in [2.24, 2.45) is 0 Å². The maximum Gasteiger partial charge on any atom is 0.339 e. The van der Waals surface area contributed by atoms with E-state index < -0.39 is 17.9 Å². The average molecular weight is 418 g/mol. The first-order valence-corrected chi connectivity index (χ1v) is 9.98. The topological polar surface area (TPSA) is 82.1 Å². The number of carbonyl (C=O) groups is 3. The van der Waals surface area contributed by atoms with Crippen LogP contribution in [0.4, 0.5) is 0 Å². The van der Waals surface area contributed by atoms with E-state index in [-0.39, 0.29) is 41.5 Å². The number of rotatable bonds is 7. The summed E-state index contributed by atoms with van der Waals surface area (Å²) in [6.07, 6.45) is 2.15. The molecule has 0 aromatic heterocycles. The van der Waals surface area contributed by atoms with Gasteiger partial charge in [0.25, 0.3) is 0 Å². The number of hydrogen-bond acceptors (Lipinski definition) is 7. The molecule has 30 heavy (non-hydrogen) atoms.